The zero-order chi connectivity index (χ0) is 29.4. The number of benzene rings is 3. The van der Waals surface area contributed by atoms with E-state index in [2.05, 4.69) is 0 Å². The van der Waals surface area contributed by atoms with Crippen LogP contribution in [0.15, 0.2) is 66.7 Å². The number of likely N-dealkylation sites (tertiary alicyclic amines) is 1. The summed E-state index contributed by atoms with van der Waals surface area (Å²) >= 11 is 0. The van der Waals surface area contributed by atoms with Crippen LogP contribution in [-0.2, 0) is 18.5 Å². The fourth-order valence-electron chi connectivity index (χ4n) is 5.87. The minimum absolute atomic E-state index is 0.0161. The molecule has 0 saturated carbocycles. The highest BCUT2D eigenvalue weighted by Gasteiger charge is 2.47. The Bertz CT molecular complexity index is 1460. The van der Waals surface area contributed by atoms with Crippen molar-refractivity contribution in [3.05, 3.63) is 106 Å². The van der Waals surface area contributed by atoms with Gasteiger partial charge in [-0.15, -0.1) is 0 Å². The lowest BCUT2D eigenvalue weighted by Gasteiger charge is -2.43. The van der Waals surface area contributed by atoms with Crippen LogP contribution in [0.25, 0.3) is 11.1 Å². The summed E-state index contributed by atoms with van der Waals surface area (Å²) in [5, 5.41) is 9.50. The number of aryl methyl sites for hydroxylation is 1. The molecular formula is C32H29F6NO2. The van der Waals surface area contributed by atoms with Crippen LogP contribution < -0.4 is 0 Å². The van der Waals surface area contributed by atoms with Crippen molar-refractivity contribution in [3.8, 4) is 0 Å². The molecule has 216 valence electrons. The lowest BCUT2D eigenvalue weighted by atomic mass is 9.84. The number of hydrogen-bond donors (Lipinski definition) is 1. The Morgan fingerprint density at radius 1 is 0.902 bits per heavy atom. The van der Waals surface area contributed by atoms with E-state index in [-0.39, 0.29) is 36.2 Å². The quantitative estimate of drug-likeness (QED) is 0.277. The van der Waals surface area contributed by atoms with Crippen LogP contribution in [0.5, 0.6) is 0 Å². The van der Waals surface area contributed by atoms with Gasteiger partial charge < -0.3 is 10.0 Å². The first-order valence-corrected chi connectivity index (χ1v) is 13.5. The van der Waals surface area contributed by atoms with Gasteiger partial charge in [-0.05, 0) is 77.3 Å². The van der Waals surface area contributed by atoms with Crippen LogP contribution in [0.1, 0.15) is 63.0 Å². The fourth-order valence-corrected chi connectivity index (χ4v) is 5.87. The van der Waals surface area contributed by atoms with Gasteiger partial charge >= 0.3 is 12.1 Å². The van der Waals surface area contributed by atoms with E-state index in [1.54, 1.807) is 11.0 Å². The Labute approximate surface area is 234 Å². The molecule has 0 spiro atoms. The molecule has 1 aliphatic heterocycles. The smallest absolute Gasteiger partial charge is 0.416 e. The molecule has 0 unspecified atom stereocenters. The summed E-state index contributed by atoms with van der Waals surface area (Å²) in [5.41, 5.74) is 1.75. The topological polar surface area (TPSA) is 40.5 Å². The van der Waals surface area contributed by atoms with Crippen LogP contribution >= 0.6 is 0 Å². The highest BCUT2D eigenvalue weighted by atomic mass is 19.4. The van der Waals surface area contributed by atoms with Crippen molar-refractivity contribution < 1.29 is 36.2 Å². The summed E-state index contributed by atoms with van der Waals surface area (Å²) < 4.78 is 85.3. The minimum Gasteiger partial charge on any atom is -0.478 e. The molecule has 9 heteroatoms. The molecule has 0 atom stereocenters. The van der Waals surface area contributed by atoms with Gasteiger partial charge in [-0.3, -0.25) is 4.39 Å². The second-order valence-electron chi connectivity index (χ2n) is 10.6. The van der Waals surface area contributed by atoms with Gasteiger partial charge in [-0.1, -0.05) is 48.5 Å². The van der Waals surface area contributed by atoms with Crippen LogP contribution in [-0.4, -0.2) is 42.3 Å². The SMILES string of the molecule is O=C(O)c1ccc2c(c1)CCCC(c1ccccc1C(F)(F)F)=C2c1ccc(C(F)(F)C2CN(CCCF)C2)cc1. The molecule has 0 bridgehead atoms. The Morgan fingerprint density at radius 3 is 2.27 bits per heavy atom. The van der Waals surface area contributed by atoms with Crippen LogP contribution in [0.4, 0.5) is 26.3 Å². The number of hydrogen-bond acceptors (Lipinski definition) is 2. The number of fused-ring (bicyclic) bond motifs is 1. The molecule has 1 heterocycles. The van der Waals surface area contributed by atoms with Crippen molar-refractivity contribution in [3.63, 3.8) is 0 Å². The number of carboxylic acid groups (broad SMARTS) is 1. The Balaban J connectivity index is 1.60. The van der Waals surface area contributed by atoms with E-state index >= 15 is 8.78 Å². The van der Waals surface area contributed by atoms with Crippen molar-refractivity contribution in [1.29, 1.82) is 0 Å². The van der Waals surface area contributed by atoms with Crippen LogP contribution in [0.2, 0.25) is 0 Å². The first-order chi connectivity index (χ1) is 19.5. The maximum Gasteiger partial charge on any atom is 0.416 e. The van der Waals surface area contributed by atoms with Gasteiger partial charge in [0.1, 0.15) is 0 Å². The third kappa shape index (κ3) is 5.77. The zero-order valence-corrected chi connectivity index (χ0v) is 22.2. The van der Waals surface area contributed by atoms with Crippen molar-refractivity contribution in [2.24, 2.45) is 5.92 Å². The number of nitrogens with zero attached hydrogens (tertiary/aromatic N) is 1. The number of carbonyl (C=O) groups is 1. The first kappa shape index (κ1) is 28.9. The molecule has 1 N–H and O–H groups in total. The fraction of sp³-hybridized carbons (Fsp3) is 0.344. The number of rotatable bonds is 8. The van der Waals surface area contributed by atoms with Crippen LogP contribution in [0, 0.1) is 5.92 Å². The Hall–Kier alpha value is -3.59. The Kier molecular flexibility index (Phi) is 8.01. The predicted octanol–water partition coefficient (Wildman–Crippen LogP) is 8.08. The average Bonchev–Trinajstić information content (AvgIpc) is 3.11. The van der Waals surface area contributed by atoms with E-state index < -0.39 is 36.2 Å². The molecule has 0 aromatic heterocycles. The monoisotopic (exact) mass is 573 g/mol. The second-order valence-corrected chi connectivity index (χ2v) is 10.6. The molecule has 0 amide bonds. The van der Waals surface area contributed by atoms with E-state index in [1.165, 1.54) is 54.6 Å². The summed E-state index contributed by atoms with van der Waals surface area (Å²) in [4.78, 5) is 13.4. The largest absolute Gasteiger partial charge is 0.478 e. The molecule has 3 nitrogen and oxygen atoms in total. The standard InChI is InChI=1S/C32H29F6NO2/c33-15-4-16-39-18-24(19-39)31(34,35)23-12-9-20(10-13-23)29-25-14-11-22(30(40)41)17-21(25)5-3-7-27(29)26-6-1-2-8-28(26)32(36,37)38/h1-2,6,8-14,17,24H,3-5,7,15-16,18-19H2,(H,40,41). The van der Waals surface area contributed by atoms with Gasteiger partial charge in [0.05, 0.1) is 23.7 Å². The highest BCUT2D eigenvalue weighted by Crippen LogP contribution is 2.45. The molecule has 5 rings (SSSR count). The number of halogens is 6. The molecule has 1 fully saturated rings. The van der Waals surface area contributed by atoms with Crippen LogP contribution in [0.3, 0.4) is 0 Å². The molecule has 2 aliphatic rings. The van der Waals surface area contributed by atoms with Gasteiger partial charge in [0.15, 0.2) is 0 Å². The zero-order valence-electron chi connectivity index (χ0n) is 22.2. The van der Waals surface area contributed by atoms with Gasteiger partial charge in [0, 0.05) is 25.2 Å². The number of aromatic carboxylic acids is 1. The molecule has 41 heavy (non-hydrogen) atoms. The number of carboxylic acids is 1. The Morgan fingerprint density at radius 2 is 1.61 bits per heavy atom. The average molecular weight is 574 g/mol. The molecule has 1 saturated heterocycles. The summed E-state index contributed by atoms with van der Waals surface area (Å²) in [6.07, 6.45) is -3.08. The van der Waals surface area contributed by atoms with Gasteiger partial charge in [0.25, 0.3) is 5.92 Å². The lowest BCUT2D eigenvalue weighted by molar-refractivity contribution is -0.137. The third-order valence-electron chi connectivity index (χ3n) is 7.99. The van der Waals surface area contributed by atoms with Crippen molar-refractivity contribution in [2.75, 3.05) is 26.3 Å². The summed E-state index contributed by atoms with van der Waals surface area (Å²) in [6, 6.07) is 15.5. The summed E-state index contributed by atoms with van der Waals surface area (Å²) in [5.74, 6) is -5.15. The third-order valence-corrected chi connectivity index (χ3v) is 7.99. The molecular weight excluding hydrogens is 544 g/mol. The normalized spacial score (nSPS) is 16.7. The van der Waals surface area contributed by atoms with E-state index in [9.17, 15) is 27.5 Å². The molecule has 3 aromatic rings. The second kappa shape index (κ2) is 11.4. The number of alkyl halides is 6. The maximum absolute atomic E-state index is 15.3. The highest BCUT2D eigenvalue weighted by molar-refractivity contribution is 6.01. The van der Waals surface area contributed by atoms with E-state index in [4.69, 9.17) is 0 Å². The van der Waals surface area contributed by atoms with Gasteiger partial charge in [-0.25, -0.2) is 13.6 Å². The van der Waals surface area contributed by atoms with Crippen molar-refractivity contribution in [2.45, 2.75) is 37.8 Å². The van der Waals surface area contributed by atoms with E-state index in [0.29, 0.717) is 53.6 Å². The lowest BCUT2D eigenvalue weighted by Crippen LogP contribution is -2.53. The summed E-state index contributed by atoms with van der Waals surface area (Å²) in [7, 11) is 0. The first-order valence-electron chi connectivity index (χ1n) is 13.5. The predicted molar refractivity (Wildman–Crippen MR) is 145 cm³/mol. The van der Waals surface area contributed by atoms with E-state index in [0.717, 1.165) is 6.07 Å². The number of allylic oxidation sites excluding steroid dienone is 1. The molecule has 3 aromatic carbocycles. The van der Waals surface area contributed by atoms with Gasteiger partial charge in [0.2, 0.25) is 0 Å². The maximum atomic E-state index is 15.3. The van der Waals surface area contributed by atoms with E-state index in [1.807, 2.05) is 0 Å². The minimum atomic E-state index is -4.61. The van der Waals surface area contributed by atoms with Crippen molar-refractivity contribution >= 4 is 17.1 Å². The molecule has 1 aliphatic carbocycles. The van der Waals surface area contributed by atoms with Crippen molar-refractivity contribution in [1.82, 2.24) is 4.90 Å². The van der Waals surface area contributed by atoms with Gasteiger partial charge in [-0.2, -0.15) is 13.2 Å². The molecule has 0 radical (unpaired) electrons. The summed E-state index contributed by atoms with van der Waals surface area (Å²) in [6.45, 7) is 0.265.